The van der Waals surface area contributed by atoms with Gasteiger partial charge in [0, 0.05) is 0 Å². The molecule has 1 saturated heterocycles. The Bertz CT molecular complexity index is 567. The van der Waals surface area contributed by atoms with Crippen LogP contribution in [0.15, 0.2) is 30.3 Å². The summed E-state index contributed by atoms with van der Waals surface area (Å²) >= 11 is 0. The topological polar surface area (TPSA) is 75.7 Å². The minimum Gasteiger partial charge on any atom is -0.459 e. The number of ether oxygens (including phenoxy) is 1. The van der Waals surface area contributed by atoms with Gasteiger partial charge in [-0.2, -0.15) is 0 Å². The lowest BCUT2D eigenvalue weighted by atomic mass is 9.93. The first-order chi connectivity index (χ1) is 10.5. The fourth-order valence-electron chi connectivity index (χ4n) is 2.46. The van der Waals surface area contributed by atoms with Crippen LogP contribution in [0, 0.1) is 0 Å². The number of nitrogens with zero attached hydrogens (tertiary/aromatic N) is 1. The number of amides is 3. The highest BCUT2D eigenvalue weighted by Crippen LogP contribution is 2.24. The van der Waals surface area contributed by atoms with Crippen molar-refractivity contribution in [2.24, 2.45) is 0 Å². The second-order valence-corrected chi connectivity index (χ2v) is 5.26. The minimum atomic E-state index is -0.892. The van der Waals surface area contributed by atoms with Gasteiger partial charge in [-0.25, -0.2) is 4.79 Å². The van der Waals surface area contributed by atoms with Gasteiger partial charge in [0.05, 0.1) is 0 Å². The molecule has 0 spiro atoms. The lowest BCUT2D eigenvalue weighted by molar-refractivity contribution is -0.148. The van der Waals surface area contributed by atoms with Gasteiger partial charge in [-0.05, 0) is 18.4 Å². The number of esters is 1. The van der Waals surface area contributed by atoms with Crippen molar-refractivity contribution in [3.63, 3.8) is 0 Å². The molecule has 22 heavy (non-hydrogen) atoms. The summed E-state index contributed by atoms with van der Waals surface area (Å²) in [6.45, 7) is 3.42. The largest absolute Gasteiger partial charge is 0.459 e. The molecular weight excluding hydrogens is 284 g/mol. The first-order valence-electron chi connectivity index (χ1n) is 7.36. The van der Waals surface area contributed by atoms with Crippen molar-refractivity contribution >= 4 is 17.9 Å². The molecule has 0 unspecified atom stereocenters. The van der Waals surface area contributed by atoms with E-state index in [1.165, 1.54) is 0 Å². The van der Waals surface area contributed by atoms with E-state index < -0.39 is 17.5 Å². The van der Waals surface area contributed by atoms with Crippen LogP contribution in [0.4, 0.5) is 4.79 Å². The maximum atomic E-state index is 12.3. The molecule has 0 aliphatic carbocycles. The Hall–Kier alpha value is -2.37. The Morgan fingerprint density at radius 1 is 1.18 bits per heavy atom. The second kappa shape index (κ2) is 6.60. The molecule has 0 aromatic heterocycles. The highest BCUT2D eigenvalue weighted by molar-refractivity contribution is 6.08. The number of hydrogen-bond donors (Lipinski definition) is 1. The predicted molar refractivity (Wildman–Crippen MR) is 79.8 cm³/mol. The fraction of sp³-hybridized carbons (Fsp3) is 0.438. The summed E-state index contributed by atoms with van der Waals surface area (Å²) in [5.41, 5.74) is -0.0407. The molecule has 2 rings (SSSR count). The van der Waals surface area contributed by atoms with E-state index in [-0.39, 0.29) is 19.1 Å². The molecular formula is C16H20N2O4. The average molecular weight is 304 g/mol. The number of carbonyl (C=O) groups excluding carboxylic acids is 3. The van der Waals surface area contributed by atoms with Crippen molar-refractivity contribution in [3.8, 4) is 0 Å². The van der Waals surface area contributed by atoms with Crippen LogP contribution in [0.25, 0.3) is 0 Å². The quantitative estimate of drug-likeness (QED) is 0.643. The Balaban J connectivity index is 1.94. The molecule has 6 heteroatoms. The summed E-state index contributed by atoms with van der Waals surface area (Å²) < 4.78 is 5.11. The molecule has 118 valence electrons. The summed E-state index contributed by atoms with van der Waals surface area (Å²) in [6, 6.07) is 8.69. The first-order valence-corrected chi connectivity index (χ1v) is 7.36. The number of carbonyl (C=O) groups is 3. The zero-order chi connectivity index (χ0) is 16.2. The summed E-state index contributed by atoms with van der Waals surface area (Å²) in [4.78, 5) is 37.0. The normalized spacial score (nSPS) is 16.5. The molecule has 0 atom stereocenters. The van der Waals surface area contributed by atoms with Crippen molar-refractivity contribution in [1.29, 1.82) is 0 Å². The lowest BCUT2D eigenvalue weighted by Crippen LogP contribution is -2.46. The highest BCUT2D eigenvalue weighted by Gasteiger charge is 2.49. The SMILES string of the molecule is CCC1(CC)NC(=O)N(CC(=O)OCc2ccccc2)C1=O. The van der Waals surface area contributed by atoms with Gasteiger partial charge in [0.15, 0.2) is 0 Å². The first kappa shape index (κ1) is 16.0. The van der Waals surface area contributed by atoms with Crippen molar-refractivity contribution in [3.05, 3.63) is 35.9 Å². The van der Waals surface area contributed by atoms with E-state index in [1.807, 2.05) is 44.2 Å². The van der Waals surface area contributed by atoms with E-state index in [4.69, 9.17) is 4.74 Å². The van der Waals surface area contributed by atoms with Crippen LogP contribution < -0.4 is 5.32 Å². The molecule has 3 amide bonds. The molecule has 1 aliphatic rings. The molecule has 1 fully saturated rings. The molecule has 1 aliphatic heterocycles. The Morgan fingerprint density at radius 3 is 2.36 bits per heavy atom. The van der Waals surface area contributed by atoms with Gasteiger partial charge < -0.3 is 10.1 Å². The summed E-state index contributed by atoms with van der Waals surface area (Å²) in [5.74, 6) is -0.963. The van der Waals surface area contributed by atoms with Crippen LogP contribution in [0.2, 0.25) is 0 Å². The number of nitrogens with one attached hydrogen (secondary N) is 1. The summed E-state index contributed by atoms with van der Waals surface area (Å²) in [7, 11) is 0. The molecule has 0 saturated carbocycles. The van der Waals surface area contributed by atoms with Gasteiger partial charge >= 0.3 is 12.0 Å². The zero-order valence-electron chi connectivity index (χ0n) is 12.8. The smallest absolute Gasteiger partial charge is 0.326 e. The van der Waals surface area contributed by atoms with E-state index in [9.17, 15) is 14.4 Å². The van der Waals surface area contributed by atoms with Gasteiger partial charge in [-0.15, -0.1) is 0 Å². The molecule has 1 N–H and O–H groups in total. The molecule has 0 radical (unpaired) electrons. The van der Waals surface area contributed by atoms with Crippen LogP contribution in [-0.2, 0) is 20.9 Å². The fourth-order valence-corrected chi connectivity index (χ4v) is 2.46. The minimum absolute atomic E-state index is 0.121. The highest BCUT2D eigenvalue weighted by atomic mass is 16.5. The Kier molecular flexibility index (Phi) is 4.80. The van der Waals surface area contributed by atoms with Crippen molar-refractivity contribution < 1.29 is 19.1 Å². The van der Waals surface area contributed by atoms with Gasteiger partial charge in [-0.1, -0.05) is 44.2 Å². The third-order valence-corrected chi connectivity index (χ3v) is 3.98. The molecule has 6 nitrogen and oxygen atoms in total. The number of imide groups is 1. The molecule has 1 aromatic carbocycles. The van der Waals surface area contributed by atoms with E-state index in [0.29, 0.717) is 12.8 Å². The van der Waals surface area contributed by atoms with Crippen LogP contribution in [0.5, 0.6) is 0 Å². The third-order valence-electron chi connectivity index (χ3n) is 3.98. The Labute approximate surface area is 129 Å². The third kappa shape index (κ3) is 3.10. The van der Waals surface area contributed by atoms with Gasteiger partial charge in [0.25, 0.3) is 5.91 Å². The summed E-state index contributed by atoms with van der Waals surface area (Å²) in [5, 5.41) is 2.68. The van der Waals surface area contributed by atoms with Crippen LogP contribution in [0.3, 0.4) is 0 Å². The van der Waals surface area contributed by atoms with Crippen molar-refractivity contribution in [2.75, 3.05) is 6.54 Å². The second-order valence-electron chi connectivity index (χ2n) is 5.26. The molecule has 1 aromatic rings. The maximum absolute atomic E-state index is 12.3. The monoisotopic (exact) mass is 304 g/mol. The number of hydrogen-bond acceptors (Lipinski definition) is 4. The zero-order valence-corrected chi connectivity index (χ0v) is 12.8. The van der Waals surface area contributed by atoms with E-state index in [0.717, 1.165) is 10.5 Å². The van der Waals surface area contributed by atoms with Crippen LogP contribution in [-0.4, -0.2) is 34.9 Å². The molecule has 0 bridgehead atoms. The summed E-state index contributed by atoms with van der Waals surface area (Å²) in [6.07, 6.45) is 0.979. The van der Waals surface area contributed by atoms with Gasteiger partial charge in [0.1, 0.15) is 18.7 Å². The van der Waals surface area contributed by atoms with Crippen molar-refractivity contribution in [1.82, 2.24) is 10.2 Å². The number of rotatable bonds is 6. The maximum Gasteiger partial charge on any atom is 0.326 e. The number of benzene rings is 1. The van der Waals surface area contributed by atoms with E-state index >= 15 is 0 Å². The predicted octanol–water partition coefficient (Wildman–Crippen LogP) is 1.84. The number of urea groups is 1. The standard InChI is InChI=1S/C16H20N2O4/c1-3-16(4-2)14(20)18(15(21)17-16)10-13(19)22-11-12-8-6-5-7-9-12/h5-9H,3-4,10-11H2,1-2H3,(H,17,21). The molecule has 1 heterocycles. The van der Waals surface area contributed by atoms with E-state index in [2.05, 4.69) is 5.32 Å². The van der Waals surface area contributed by atoms with Crippen LogP contribution >= 0.6 is 0 Å². The van der Waals surface area contributed by atoms with E-state index in [1.54, 1.807) is 0 Å². The van der Waals surface area contributed by atoms with Gasteiger partial charge in [-0.3, -0.25) is 14.5 Å². The van der Waals surface area contributed by atoms with Crippen LogP contribution in [0.1, 0.15) is 32.3 Å². The Morgan fingerprint density at radius 2 is 1.82 bits per heavy atom. The van der Waals surface area contributed by atoms with Crippen molar-refractivity contribution in [2.45, 2.75) is 38.8 Å². The average Bonchev–Trinajstić information content (AvgIpc) is 2.78. The van der Waals surface area contributed by atoms with Gasteiger partial charge in [0.2, 0.25) is 0 Å². The lowest BCUT2D eigenvalue weighted by Gasteiger charge is -2.22.